The van der Waals surface area contributed by atoms with Crippen molar-refractivity contribution in [1.82, 2.24) is 0 Å². The number of nitrogens with two attached hydrogens (primary N) is 1. The predicted octanol–water partition coefficient (Wildman–Crippen LogP) is 1.89. The van der Waals surface area contributed by atoms with Gasteiger partial charge in [0.2, 0.25) is 10.0 Å². The lowest BCUT2D eigenvalue weighted by molar-refractivity contribution is 0.000599. The van der Waals surface area contributed by atoms with Gasteiger partial charge in [0.25, 0.3) is 0 Å². The summed E-state index contributed by atoms with van der Waals surface area (Å²) in [4.78, 5) is 0.0918. The maximum absolute atomic E-state index is 11.1. The van der Waals surface area contributed by atoms with Gasteiger partial charge in [0, 0.05) is 12.0 Å². The first-order valence-electron chi connectivity index (χ1n) is 5.94. The SMILES string of the molecule is CC(C)(C)OCCC#Cc1ccc(S(N)(=O)=O)cc1. The number of sulfonamides is 1. The van der Waals surface area contributed by atoms with Crippen molar-refractivity contribution in [1.29, 1.82) is 0 Å². The maximum Gasteiger partial charge on any atom is 0.238 e. The summed E-state index contributed by atoms with van der Waals surface area (Å²) in [6.45, 7) is 6.55. The van der Waals surface area contributed by atoms with Gasteiger partial charge in [-0.15, -0.1) is 0 Å². The summed E-state index contributed by atoms with van der Waals surface area (Å²) < 4.78 is 27.7. The van der Waals surface area contributed by atoms with Gasteiger partial charge >= 0.3 is 0 Å². The number of hydrogen-bond donors (Lipinski definition) is 1. The van der Waals surface area contributed by atoms with Gasteiger partial charge in [-0.3, -0.25) is 0 Å². The van der Waals surface area contributed by atoms with Crippen LogP contribution < -0.4 is 5.14 Å². The van der Waals surface area contributed by atoms with Gasteiger partial charge in [-0.25, -0.2) is 13.6 Å². The van der Waals surface area contributed by atoms with E-state index in [2.05, 4.69) is 11.8 Å². The molecule has 0 fully saturated rings. The Morgan fingerprint density at radius 1 is 1.21 bits per heavy atom. The molecule has 19 heavy (non-hydrogen) atoms. The van der Waals surface area contributed by atoms with E-state index < -0.39 is 10.0 Å². The largest absolute Gasteiger partial charge is 0.375 e. The fourth-order valence-electron chi connectivity index (χ4n) is 1.30. The van der Waals surface area contributed by atoms with E-state index in [0.717, 1.165) is 5.56 Å². The van der Waals surface area contributed by atoms with E-state index in [-0.39, 0.29) is 10.5 Å². The molecule has 0 aliphatic carbocycles. The average Bonchev–Trinajstić information content (AvgIpc) is 2.26. The molecule has 1 rings (SSSR count). The normalized spacial score (nSPS) is 11.8. The summed E-state index contributed by atoms with van der Waals surface area (Å²) in [5.41, 5.74) is 0.599. The molecule has 0 spiro atoms. The second-order valence-electron chi connectivity index (χ2n) is 5.08. The molecular weight excluding hydrogens is 262 g/mol. The van der Waals surface area contributed by atoms with Crippen LogP contribution in [-0.4, -0.2) is 20.6 Å². The summed E-state index contributed by atoms with van der Waals surface area (Å²) in [5, 5.41) is 5.01. The molecular formula is C14H19NO3S. The van der Waals surface area contributed by atoms with Crippen LogP contribution in [0.25, 0.3) is 0 Å². The molecule has 0 amide bonds. The number of rotatable bonds is 3. The monoisotopic (exact) mass is 281 g/mol. The number of ether oxygens (including phenoxy) is 1. The van der Waals surface area contributed by atoms with Gasteiger partial charge in [-0.2, -0.15) is 0 Å². The molecule has 104 valence electrons. The molecule has 5 heteroatoms. The van der Waals surface area contributed by atoms with E-state index in [9.17, 15) is 8.42 Å². The Morgan fingerprint density at radius 3 is 2.26 bits per heavy atom. The van der Waals surface area contributed by atoms with Gasteiger partial charge in [0.05, 0.1) is 17.1 Å². The van der Waals surface area contributed by atoms with Crippen LogP contribution in [0.1, 0.15) is 32.8 Å². The molecule has 1 aromatic rings. The highest BCUT2D eigenvalue weighted by molar-refractivity contribution is 7.89. The number of hydrogen-bond acceptors (Lipinski definition) is 3. The molecule has 2 N–H and O–H groups in total. The molecule has 0 saturated heterocycles. The van der Waals surface area contributed by atoms with Crippen molar-refractivity contribution in [3.63, 3.8) is 0 Å². The van der Waals surface area contributed by atoms with Crippen molar-refractivity contribution in [2.75, 3.05) is 6.61 Å². The third-order valence-corrected chi connectivity index (χ3v) is 3.11. The molecule has 0 heterocycles. The van der Waals surface area contributed by atoms with Crippen molar-refractivity contribution in [2.45, 2.75) is 37.7 Å². The van der Waals surface area contributed by atoms with E-state index in [1.807, 2.05) is 20.8 Å². The zero-order valence-corrected chi connectivity index (χ0v) is 12.3. The summed E-state index contributed by atoms with van der Waals surface area (Å²) in [7, 11) is -3.63. The van der Waals surface area contributed by atoms with Gasteiger partial charge in [0.15, 0.2) is 0 Å². The van der Waals surface area contributed by atoms with Crippen LogP contribution in [0.15, 0.2) is 29.2 Å². The Kier molecular flexibility index (Phi) is 5.12. The van der Waals surface area contributed by atoms with Crippen LogP contribution in [0, 0.1) is 11.8 Å². The van der Waals surface area contributed by atoms with Crippen LogP contribution in [0.5, 0.6) is 0 Å². The number of primary sulfonamides is 1. The van der Waals surface area contributed by atoms with Crippen LogP contribution in [0.3, 0.4) is 0 Å². The van der Waals surface area contributed by atoms with Gasteiger partial charge in [-0.1, -0.05) is 11.8 Å². The molecule has 0 bridgehead atoms. The van der Waals surface area contributed by atoms with E-state index in [0.29, 0.717) is 13.0 Å². The smallest absolute Gasteiger partial charge is 0.238 e. The summed E-state index contributed by atoms with van der Waals surface area (Å²) in [6, 6.07) is 6.17. The van der Waals surface area contributed by atoms with Gasteiger partial charge in [-0.05, 0) is 45.0 Å². The molecule has 0 unspecified atom stereocenters. The summed E-state index contributed by atoms with van der Waals surface area (Å²) in [5.74, 6) is 5.92. The van der Waals surface area contributed by atoms with Gasteiger partial charge < -0.3 is 4.74 Å². The molecule has 0 saturated carbocycles. The van der Waals surface area contributed by atoms with E-state index in [1.165, 1.54) is 12.1 Å². The predicted molar refractivity (Wildman–Crippen MR) is 75.0 cm³/mol. The lowest BCUT2D eigenvalue weighted by atomic mass is 10.2. The Morgan fingerprint density at radius 2 is 1.79 bits per heavy atom. The quantitative estimate of drug-likeness (QED) is 0.679. The van der Waals surface area contributed by atoms with Crippen LogP contribution >= 0.6 is 0 Å². The fourth-order valence-corrected chi connectivity index (χ4v) is 1.82. The van der Waals surface area contributed by atoms with Gasteiger partial charge in [0.1, 0.15) is 0 Å². The standard InChI is InChI=1S/C14H19NO3S/c1-14(2,3)18-11-5-4-6-12-7-9-13(10-8-12)19(15,16)17/h7-10H,5,11H2,1-3H3,(H2,15,16,17). The van der Waals surface area contributed by atoms with Crippen molar-refractivity contribution in [3.05, 3.63) is 29.8 Å². The van der Waals surface area contributed by atoms with E-state index in [1.54, 1.807) is 12.1 Å². The molecule has 1 aromatic carbocycles. The molecule has 4 nitrogen and oxygen atoms in total. The van der Waals surface area contributed by atoms with Crippen molar-refractivity contribution in [3.8, 4) is 11.8 Å². The molecule has 0 radical (unpaired) electrons. The Balaban J connectivity index is 2.55. The fraction of sp³-hybridized carbons (Fsp3) is 0.429. The van der Waals surface area contributed by atoms with Crippen LogP contribution in [-0.2, 0) is 14.8 Å². The Labute approximate surface area is 115 Å². The first-order chi connectivity index (χ1) is 8.68. The Bertz CT molecular complexity index is 572. The molecule has 0 atom stereocenters. The van der Waals surface area contributed by atoms with Crippen LogP contribution in [0.2, 0.25) is 0 Å². The zero-order chi connectivity index (χ0) is 14.5. The van der Waals surface area contributed by atoms with Crippen molar-refractivity contribution >= 4 is 10.0 Å². The minimum Gasteiger partial charge on any atom is -0.375 e. The third kappa shape index (κ3) is 6.39. The average molecular weight is 281 g/mol. The topological polar surface area (TPSA) is 69.4 Å². The lowest BCUT2D eigenvalue weighted by Gasteiger charge is -2.18. The molecule has 0 aromatic heterocycles. The minimum absolute atomic E-state index is 0.0918. The first kappa shape index (κ1) is 15.7. The summed E-state index contributed by atoms with van der Waals surface area (Å²) >= 11 is 0. The third-order valence-electron chi connectivity index (χ3n) is 2.18. The van der Waals surface area contributed by atoms with Crippen LogP contribution in [0.4, 0.5) is 0 Å². The van der Waals surface area contributed by atoms with E-state index in [4.69, 9.17) is 9.88 Å². The highest BCUT2D eigenvalue weighted by atomic mass is 32.2. The zero-order valence-electron chi connectivity index (χ0n) is 11.4. The maximum atomic E-state index is 11.1. The lowest BCUT2D eigenvalue weighted by Crippen LogP contribution is -2.19. The van der Waals surface area contributed by atoms with E-state index >= 15 is 0 Å². The van der Waals surface area contributed by atoms with Crippen molar-refractivity contribution < 1.29 is 13.2 Å². The highest BCUT2D eigenvalue weighted by Gasteiger charge is 2.08. The summed E-state index contributed by atoms with van der Waals surface area (Å²) in [6.07, 6.45) is 0.633. The second-order valence-corrected chi connectivity index (χ2v) is 6.64. The Hall–Kier alpha value is -1.35. The second kappa shape index (κ2) is 6.20. The molecule has 0 aliphatic heterocycles. The minimum atomic E-state index is -3.63. The first-order valence-corrected chi connectivity index (χ1v) is 7.49. The molecule has 0 aliphatic rings. The number of benzene rings is 1. The highest BCUT2D eigenvalue weighted by Crippen LogP contribution is 2.08. The van der Waals surface area contributed by atoms with Crippen molar-refractivity contribution in [2.24, 2.45) is 5.14 Å².